The molecule has 1 amide bonds. The largest absolute Gasteiger partial charge is 0.493 e. The van der Waals surface area contributed by atoms with Crippen molar-refractivity contribution >= 4 is 27.5 Å². The Morgan fingerprint density at radius 1 is 1.25 bits per heavy atom. The Labute approximate surface area is 148 Å². The predicted molar refractivity (Wildman–Crippen MR) is 93.6 cm³/mol. The Bertz CT molecular complexity index is 730. The predicted octanol–water partition coefficient (Wildman–Crippen LogP) is 5.47. The number of hydrogen-bond acceptors (Lipinski definition) is 2. The summed E-state index contributed by atoms with van der Waals surface area (Å²) in [6.07, 6.45) is 1.74. The maximum Gasteiger partial charge on any atom is 0.259 e. The number of carbonyl (C=O) groups is 1. The van der Waals surface area contributed by atoms with Gasteiger partial charge in [0.05, 0.1) is 22.3 Å². The third-order valence-corrected chi connectivity index (χ3v) is 4.09. The number of unbranched alkanes of at least 4 members (excludes halogenated alkanes) is 1. The SMILES string of the molecule is CCCCOc1cc(Br)c(F)cc1C(=O)Nc1c(C)cccc1F. The number of rotatable bonds is 6. The molecule has 0 unspecified atom stereocenters. The lowest BCUT2D eigenvalue weighted by atomic mass is 10.1. The summed E-state index contributed by atoms with van der Waals surface area (Å²) in [6, 6.07) is 6.98. The number of hydrogen-bond donors (Lipinski definition) is 1. The van der Waals surface area contributed by atoms with Gasteiger partial charge in [-0.25, -0.2) is 8.78 Å². The van der Waals surface area contributed by atoms with Gasteiger partial charge >= 0.3 is 0 Å². The van der Waals surface area contributed by atoms with E-state index in [0.717, 1.165) is 18.9 Å². The van der Waals surface area contributed by atoms with Gasteiger partial charge in [-0.2, -0.15) is 0 Å². The summed E-state index contributed by atoms with van der Waals surface area (Å²) in [5, 5.41) is 2.50. The van der Waals surface area contributed by atoms with Gasteiger partial charge in [0.1, 0.15) is 17.4 Å². The Morgan fingerprint density at radius 3 is 2.67 bits per heavy atom. The first-order chi connectivity index (χ1) is 11.4. The number of anilines is 1. The van der Waals surface area contributed by atoms with Crippen LogP contribution >= 0.6 is 15.9 Å². The zero-order chi connectivity index (χ0) is 17.7. The van der Waals surface area contributed by atoms with Crippen LogP contribution < -0.4 is 10.1 Å². The average Bonchev–Trinajstić information content (AvgIpc) is 2.54. The van der Waals surface area contributed by atoms with Gasteiger partial charge in [0, 0.05) is 0 Å². The van der Waals surface area contributed by atoms with Gasteiger partial charge in [-0.15, -0.1) is 0 Å². The minimum Gasteiger partial charge on any atom is -0.493 e. The van der Waals surface area contributed by atoms with Crippen molar-refractivity contribution in [1.29, 1.82) is 0 Å². The highest BCUT2D eigenvalue weighted by Gasteiger charge is 2.18. The second-order valence-corrected chi connectivity index (χ2v) is 6.20. The number of carbonyl (C=O) groups excluding carboxylic acids is 1. The number of para-hydroxylation sites is 1. The van der Waals surface area contributed by atoms with Crippen molar-refractivity contribution in [2.24, 2.45) is 0 Å². The number of benzene rings is 2. The van der Waals surface area contributed by atoms with E-state index in [1.165, 1.54) is 12.1 Å². The van der Waals surface area contributed by atoms with E-state index in [1.807, 2.05) is 6.92 Å². The first kappa shape index (κ1) is 18.4. The van der Waals surface area contributed by atoms with Crippen LogP contribution in [0, 0.1) is 18.6 Å². The van der Waals surface area contributed by atoms with Crippen molar-refractivity contribution in [2.75, 3.05) is 11.9 Å². The molecule has 0 aromatic heterocycles. The first-order valence-corrected chi connectivity index (χ1v) is 8.41. The molecule has 0 aliphatic carbocycles. The lowest BCUT2D eigenvalue weighted by Gasteiger charge is -2.14. The smallest absolute Gasteiger partial charge is 0.259 e. The van der Waals surface area contributed by atoms with Gasteiger partial charge in [-0.1, -0.05) is 25.5 Å². The minimum absolute atomic E-state index is 0.0226. The summed E-state index contributed by atoms with van der Waals surface area (Å²) < 4.78 is 33.5. The summed E-state index contributed by atoms with van der Waals surface area (Å²) in [6.45, 7) is 4.10. The molecule has 0 heterocycles. The van der Waals surface area contributed by atoms with E-state index in [9.17, 15) is 13.6 Å². The van der Waals surface area contributed by atoms with Crippen LogP contribution in [-0.4, -0.2) is 12.5 Å². The maximum absolute atomic E-state index is 13.9. The molecule has 24 heavy (non-hydrogen) atoms. The van der Waals surface area contributed by atoms with Gasteiger partial charge in [0.2, 0.25) is 0 Å². The lowest BCUT2D eigenvalue weighted by Crippen LogP contribution is -2.16. The molecular formula is C18H18BrF2NO2. The van der Waals surface area contributed by atoms with Crippen LogP contribution in [0.4, 0.5) is 14.5 Å². The van der Waals surface area contributed by atoms with Crippen molar-refractivity contribution in [3.63, 3.8) is 0 Å². The van der Waals surface area contributed by atoms with Gasteiger partial charge in [-0.3, -0.25) is 4.79 Å². The highest BCUT2D eigenvalue weighted by Crippen LogP contribution is 2.29. The zero-order valence-corrected chi connectivity index (χ0v) is 15.0. The number of halogens is 3. The highest BCUT2D eigenvalue weighted by molar-refractivity contribution is 9.10. The minimum atomic E-state index is -0.624. The van der Waals surface area contributed by atoms with Gasteiger partial charge < -0.3 is 10.1 Å². The van der Waals surface area contributed by atoms with Crippen LogP contribution in [0.1, 0.15) is 35.7 Å². The fourth-order valence-corrected chi connectivity index (χ4v) is 2.45. The maximum atomic E-state index is 13.9. The van der Waals surface area contributed by atoms with Crippen LogP contribution in [0.5, 0.6) is 5.75 Å². The molecule has 0 atom stereocenters. The third kappa shape index (κ3) is 4.32. The summed E-state index contributed by atoms with van der Waals surface area (Å²) >= 11 is 3.08. The normalized spacial score (nSPS) is 10.5. The van der Waals surface area contributed by atoms with E-state index in [-0.39, 0.29) is 21.5 Å². The summed E-state index contributed by atoms with van der Waals surface area (Å²) in [4.78, 5) is 12.5. The lowest BCUT2D eigenvalue weighted by molar-refractivity contribution is 0.102. The van der Waals surface area contributed by atoms with E-state index in [1.54, 1.807) is 19.1 Å². The van der Waals surface area contributed by atoms with Crippen LogP contribution in [0.25, 0.3) is 0 Å². The summed E-state index contributed by atoms with van der Waals surface area (Å²) in [5.41, 5.74) is 0.675. The molecule has 0 radical (unpaired) electrons. The standard InChI is InChI=1S/C18H18BrF2NO2/c1-3-4-8-24-16-10-13(19)15(21)9-12(16)18(23)22-17-11(2)6-5-7-14(17)20/h5-7,9-10H,3-4,8H2,1-2H3,(H,22,23). The molecule has 2 aromatic rings. The molecule has 0 aliphatic rings. The molecule has 128 valence electrons. The van der Waals surface area contributed by atoms with Crippen molar-refractivity contribution in [1.82, 2.24) is 0 Å². The molecule has 0 bridgehead atoms. The second-order valence-electron chi connectivity index (χ2n) is 5.35. The summed E-state index contributed by atoms with van der Waals surface area (Å²) in [5.74, 6) is -1.51. The van der Waals surface area contributed by atoms with E-state index in [4.69, 9.17) is 4.74 Å². The Balaban J connectivity index is 2.32. The fourth-order valence-electron chi connectivity index (χ4n) is 2.12. The third-order valence-electron chi connectivity index (χ3n) is 3.48. The molecule has 0 spiro atoms. The average molecular weight is 398 g/mol. The van der Waals surface area contributed by atoms with Gasteiger partial charge in [-0.05, 0) is 53.0 Å². The second kappa shape index (κ2) is 8.24. The molecule has 6 heteroatoms. The van der Waals surface area contributed by atoms with Crippen LogP contribution in [0.3, 0.4) is 0 Å². The van der Waals surface area contributed by atoms with E-state index < -0.39 is 17.5 Å². The highest BCUT2D eigenvalue weighted by atomic mass is 79.9. The number of nitrogens with one attached hydrogen (secondary N) is 1. The van der Waals surface area contributed by atoms with Crippen LogP contribution in [-0.2, 0) is 0 Å². The van der Waals surface area contributed by atoms with Crippen molar-refractivity contribution < 1.29 is 18.3 Å². The molecule has 0 saturated heterocycles. The van der Waals surface area contributed by atoms with Crippen LogP contribution in [0.15, 0.2) is 34.8 Å². The number of aryl methyl sites for hydroxylation is 1. The van der Waals surface area contributed by atoms with Crippen molar-refractivity contribution in [3.8, 4) is 5.75 Å². The molecule has 0 aliphatic heterocycles. The fraction of sp³-hybridized carbons (Fsp3) is 0.278. The summed E-state index contributed by atoms with van der Waals surface area (Å²) in [7, 11) is 0. The monoisotopic (exact) mass is 397 g/mol. The van der Waals surface area contributed by atoms with E-state index >= 15 is 0 Å². The Hall–Kier alpha value is -1.95. The van der Waals surface area contributed by atoms with E-state index in [2.05, 4.69) is 21.2 Å². The van der Waals surface area contributed by atoms with E-state index in [0.29, 0.717) is 12.2 Å². The molecular weight excluding hydrogens is 380 g/mol. The van der Waals surface area contributed by atoms with Crippen molar-refractivity contribution in [3.05, 3.63) is 57.6 Å². The first-order valence-electron chi connectivity index (χ1n) is 7.62. The van der Waals surface area contributed by atoms with Crippen LogP contribution in [0.2, 0.25) is 0 Å². The molecule has 1 N–H and O–H groups in total. The molecule has 0 fully saturated rings. The Kier molecular flexibility index (Phi) is 6.31. The molecule has 2 aromatic carbocycles. The molecule has 0 saturated carbocycles. The topological polar surface area (TPSA) is 38.3 Å². The van der Waals surface area contributed by atoms with Gasteiger partial charge in [0.15, 0.2) is 0 Å². The quantitative estimate of drug-likeness (QED) is 0.656. The molecule has 3 nitrogen and oxygen atoms in total. The Morgan fingerprint density at radius 2 is 2.00 bits per heavy atom. The zero-order valence-electron chi connectivity index (χ0n) is 13.5. The number of ether oxygens (including phenoxy) is 1. The molecule has 2 rings (SSSR count). The van der Waals surface area contributed by atoms with Crippen molar-refractivity contribution in [2.45, 2.75) is 26.7 Å². The number of amides is 1. The van der Waals surface area contributed by atoms with Gasteiger partial charge in [0.25, 0.3) is 5.91 Å².